The van der Waals surface area contributed by atoms with Gasteiger partial charge in [0.05, 0.1) is 12.2 Å². The summed E-state index contributed by atoms with van der Waals surface area (Å²) in [5.41, 5.74) is 2.42. The minimum Gasteiger partial charge on any atom is -0.330 e. The summed E-state index contributed by atoms with van der Waals surface area (Å²) >= 11 is 5.81. The van der Waals surface area contributed by atoms with Crippen molar-refractivity contribution in [1.29, 1.82) is 0 Å². The van der Waals surface area contributed by atoms with Gasteiger partial charge in [0.1, 0.15) is 5.82 Å². The van der Waals surface area contributed by atoms with E-state index in [0.29, 0.717) is 5.03 Å². The summed E-state index contributed by atoms with van der Waals surface area (Å²) in [5.74, 6) is 1.15. The van der Waals surface area contributed by atoms with Crippen molar-refractivity contribution in [3.8, 4) is 0 Å². The van der Waals surface area contributed by atoms with Crippen molar-refractivity contribution in [2.75, 3.05) is 13.1 Å². The van der Waals surface area contributed by atoms with E-state index < -0.39 is 0 Å². The largest absolute Gasteiger partial charge is 0.330 e. The summed E-state index contributed by atoms with van der Waals surface area (Å²) in [6.07, 6.45) is 0. The van der Waals surface area contributed by atoms with Crippen LogP contribution < -0.4 is 0 Å². The molecule has 3 nitrogen and oxygen atoms in total. The molecule has 0 aliphatic carbocycles. The summed E-state index contributed by atoms with van der Waals surface area (Å²) in [4.78, 5) is 6.83. The molecule has 2 rings (SSSR count). The molecule has 0 radical (unpaired) electrons. The van der Waals surface area contributed by atoms with Gasteiger partial charge in [-0.3, -0.25) is 4.90 Å². The topological polar surface area (TPSA) is 21.1 Å². The average Bonchev–Trinajstić information content (AvgIpc) is 2.41. The van der Waals surface area contributed by atoms with Crippen molar-refractivity contribution in [3.05, 3.63) is 28.8 Å². The normalized spacial score (nSPS) is 16.5. The van der Waals surface area contributed by atoms with Crippen LogP contribution in [0.2, 0.25) is 0 Å². The molecule has 4 heteroatoms. The molecule has 0 saturated carbocycles. The molecule has 0 unspecified atom stereocenters. The smallest absolute Gasteiger partial charge is 0.123 e. The number of aromatic nitrogens is 2. The number of hydrogen-bond acceptors (Lipinski definition) is 2. The average molecular weight is 226 g/mol. The van der Waals surface area contributed by atoms with Crippen LogP contribution in [0.5, 0.6) is 0 Å². The molecule has 1 aromatic heterocycles. The fraction of sp³-hybridized carbons (Fsp3) is 0.545. The maximum absolute atomic E-state index is 5.81. The minimum atomic E-state index is 0.698. The van der Waals surface area contributed by atoms with Crippen LogP contribution in [0.25, 0.3) is 0 Å². The van der Waals surface area contributed by atoms with Crippen LogP contribution in [0.3, 0.4) is 0 Å². The number of rotatable bonds is 2. The summed E-state index contributed by atoms with van der Waals surface area (Å²) in [6, 6.07) is 0. The zero-order valence-corrected chi connectivity index (χ0v) is 10.0. The van der Waals surface area contributed by atoms with E-state index in [2.05, 4.69) is 34.9 Å². The van der Waals surface area contributed by atoms with Gasteiger partial charge in [-0.15, -0.1) is 0 Å². The lowest BCUT2D eigenvalue weighted by atomic mass is 10.3. The first-order chi connectivity index (χ1) is 7.08. The Kier molecular flexibility index (Phi) is 2.85. The number of imidazole rings is 1. The fourth-order valence-electron chi connectivity index (χ4n) is 2.04. The maximum atomic E-state index is 5.81. The predicted octanol–water partition coefficient (Wildman–Crippen LogP) is 2.07. The standard InChI is InChI=1S/C11H16ClN3/c1-8(12)6-14-4-5-15-10(3)9(2)13-11(15)7-14/h1,4-7H2,2-3H3. The molecule has 2 heterocycles. The third-order valence-electron chi connectivity index (χ3n) is 2.94. The lowest BCUT2D eigenvalue weighted by Crippen LogP contribution is -2.34. The highest BCUT2D eigenvalue weighted by Crippen LogP contribution is 2.17. The van der Waals surface area contributed by atoms with Crippen LogP contribution in [0.1, 0.15) is 17.2 Å². The van der Waals surface area contributed by atoms with E-state index in [-0.39, 0.29) is 0 Å². The van der Waals surface area contributed by atoms with Crippen LogP contribution in [-0.4, -0.2) is 27.5 Å². The number of fused-ring (bicyclic) bond motifs is 1. The molecule has 82 valence electrons. The van der Waals surface area contributed by atoms with E-state index >= 15 is 0 Å². The fourth-order valence-corrected chi connectivity index (χ4v) is 2.21. The number of nitrogens with zero attached hydrogens (tertiary/aromatic N) is 3. The van der Waals surface area contributed by atoms with Crippen LogP contribution in [0, 0.1) is 13.8 Å². The summed E-state index contributed by atoms with van der Waals surface area (Å²) in [5, 5.41) is 0.698. The highest BCUT2D eigenvalue weighted by Gasteiger charge is 2.19. The number of halogens is 1. The summed E-state index contributed by atoms with van der Waals surface area (Å²) in [6.45, 7) is 11.6. The van der Waals surface area contributed by atoms with Crippen molar-refractivity contribution >= 4 is 11.6 Å². The van der Waals surface area contributed by atoms with Crippen molar-refractivity contribution in [2.45, 2.75) is 26.9 Å². The molecular weight excluding hydrogens is 210 g/mol. The first-order valence-electron chi connectivity index (χ1n) is 5.16. The second-order valence-corrected chi connectivity index (χ2v) is 4.61. The van der Waals surface area contributed by atoms with E-state index in [9.17, 15) is 0 Å². The van der Waals surface area contributed by atoms with Gasteiger partial charge in [0.15, 0.2) is 0 Å². The monoisotopic (exact) mass is 225 g/mol. The van der Waals surface area contributed by atoms with Crippen LogP contribution in [0.4, 0.5) is 0 Å². The minimum absolute atomic E-state index is 0.698. The number of aryl methyl sites for hydroxylation is 1. The van der Waals surface area contributed by atoms with Crippen LogP contribution in [-0.2, 0) is 13.1 Å². The molecule has 0 fully saturated rings. The molecular formula is C11H16ClN3. The Hall–Kier alpha value is -0.800. The predicted molar refractivity (Wildman–Crippen MR) is 62.0 cm³/mol. The van der Waals surface area contributed by atoms with E-state index in [1.54, 1.807) is 0 Å². The lowest BCUT2D eigenvalue weighted by Gasteiger charge is -2.27. The second-order valence-electron chi connectivity index (χ2n) is 4.08. The molecule has 0 amide bonds. The molecule has 1 aliphatic rings. The van der Waals surface area contributed by atoms with Gasteiger partial charge < -0.3 is 4.57 Å². The Balaban J connectivity index is 2.16. The van der Waals surface area contributed by atoms with E-state index in [0.717, 1.165) is 37.7 Å². The highest BCUT2D eigenvalue weighted by atomic mass is 35.5. The van der Waals surface area contributed by atoms with Crippen molar-refractivity contribution in [2.24, 2.45) is 0 Å². The van der Waals surface area contributed by atoms with Crippen molar-refractivity contribution < 1.29 is 0 Å². The van der Waals surface area contributed by atoms with Gasteiger partial charge in [0, 0.05) is 30.4 Å². The van der Waals surface area contributed by atoms with E-state index in [1.165, 1.54) is 5.69 Å². The van der Waals surface area contributed by atoms with Gasteiger partial charge in [-0.2, -0.15) is 0 Å². The molecule has 0 bridgehead atoms. The maximum Gasteiger partial charge on any atom is 0.123 e. The van der Waals surface area contributed by atoms with Gasteiger partial charge in [-0.05, 0) is 13.8 Å². The SMILES string of the molecule is C=C(Cl)CN1CCn2c(nc(C)c2C)C1. The van der Waals surface area contributed by atoms with E-state index in [1.807, 2.05) is 0 Å². The Labute approximate surface area is 95.4 Å². The third-order valence-corrected chi connectivity index (χ3v) is 3.06. The Morgan fingerprint density at radius 2 is 2.20 bits per heavy atom. The molecule has 0 spiro atoms. The highest BCUT2D eigenvalue weighted by molar-refractivity contribution is 6.29. The zero-order chi connectivity index (χ0) is 11.0. The van der Waals surface area contributed by atoms with Crippen LogP contribution >= 0.6 is 11.6 Å². The summed E-state index contributed by atoms with van der Waals surface area (Å²) < 4.78 is 2.29. The second kappa shape index (κ2) is 3.99. The van der Waals surface area contributed by atoms with Crippen molar-refractivity contribution in [1.82, 2.24) is 14.5 Å². The third kappa shape index (κ3) is 2.08. The lowest BCUT2D eigenvalue weighted by molar-refractivity contribution is 0.236. The van der Waals surface area contributed by atoms with Gasteiger partial charge in [-0.25, -0.2) is 4.98 Å². The summed E-state index contributed by atoms with van der Waals surface area (Å²) in [7, 11) is 0. The first kappa shape index (κ1) is 10.7. The number of hydrogen-bond donors (Lipinski definition) is 0. The molecule has 0 N–H and O–H groups in total. The Bertz CT molecular complexity index is 395. The van der Waals surface area contributed by atoms with Gasteiger partial charge in [0.2, 0.25) is 0 Å². The molecule has 15 heavy (non-hydrogen) atoms. The van der Waals surface area contributed by atoms with Gasteiger partial charge >= 0.3 is 0 Å². The quantitative estimate of drug-likeness (QED) is 0.769. The molecule has 0 atom stereocenters. The van der Waals surface area contributed by atoms with Gasteiger partial charge in [0.25, 0.3) is 0 Å². The molecule has 1 aliphatic heterocycles. The van der Waals surface area contributed by atoms with Crippen LogP contribution in [0.15, 0.2) is 11.6 Å². The van der Waals surface area contributed by atoms with Crippen molar-refractivity contribution in [3.63, 3.8) is 0 Å². The molecule has 0 saturated heterocycles. The Morgan fingerprint density at radius 1 is 1.47 bits per heavy atom. The molecule has 0 aromatic carbocycles. The molecule has 1 aromatic rings. The van der Waals surface area contributed by atoms with E-state index in [4.69, 9.17) is 11.6 Å². The Morgan fingerprint density at radius 3 is 2.87 bits per heavy atom. The first-order valence-corrected chi connectivity index (χ1v) is 5.54. The zero-order valence-electron chi connectivity index (χ0n) is 9.26. The van der Waals surface area contributed by atoms with Gasteiger partial charge in [-0.1, -0.05) is 18.2 Å².